The summed E-state index contributed by atoms with van der Waals surface area (Å²) in [7, 11) is 1.60. The number of nitrogens with one attached hydrogen (secondary N) is 2. The van der Waals surface area contributed by atoms with Crippen LogP contribution >= 0.6 is 11.6 Å². The second-order valence-electron chi connectivity index (χ2n) is 5.40. The largest absolute Gasteiger partial charge is 0.497 e. The van der Waals surface area contributed by atoms with E-state index in [9.17, 15) is 4.79 Å². The lowest BCUT2D eigenvalue weighted by atomic mass is 10.1. The molecular weight excluding hydrogens is 300 g/mol. The summed E-state index contributed by atoms with van der Waals surface area (Å²) in [6, 6.07) is 14.7. The molecule has 0 aliphatic heterocycles. The van der Waals surface area contributed by atoms with E-state index in [1.807, 2.05) is 42.5 Å². The number of hydrogen-bond donors (Lipinski definition) is 2. The first kappa shape index (κ1) is 14.7. The first-order valence-electron chi connectivity index (χ1n) is 7.11. The van der Waals surface area contributed by atoms with Crippen LogP contribution in [0.5, 0.6) is 5.75 Å². The Balaban J connectivity index is 1.67. The van der Waals surface area contributed by atoms with E-state index in [-0.39, 0.29) is 11.6 Å². The Kier molecular flexibility index (Phi) is 3.94. The predicted octanol–water partition coefficient (Wildman–Crippen LogP) is 4.16. The third kappa shape index (κ3) is 3.17. The third-order valence-corrected chi connectivity index (χ3v) is 4.08. The van der Waals surface area contributed by atoms with Gasteiger partial charge in [-0.15, -0.1) is 0 Å². The summed E-state index contributed by atoms with van der Waals surface area (Å²) < 4.78 is 5.15. The molecule has 4 nitrogen and oxygen atoms in total. The first-order chi connectivity index (χ1) is 10.6. The van der Waals surface area contributed by atoms with Crippen molar-refractivity contribution in [3.05, 3.63) is 59.1 Å². The fraction of sp³-hybridized carbons (Fsp3) is 0.235. The summed E-state index contributed by atoms with van der Waals surface area (Å²) in [5.74, 6) is 0.705. The monoisotopic (exact) mass is 316 g/mol. The van der Waals surface area contributed by atoms with E-state index >= 15 is 0 Å². The number of amides is 2. The second-order valence-corrected chi connectivity index (χ2v) is 5.84. The van der Waals surface area contributed by atoms with E-state index in [0.29, 0.717) is 16.5 Å². The van der Waals surface area contributed by atoms with Crippen molar-refractivity contribution >= 4 is 23.3 Å². The van der Waals surface area contributed by atoms with E-state index in [1.165, 1.54) is 0 Å². The molecule has 2 aromatic rings. The number of anilines is 1. The van der Waals surface area contributed by atoms with Gasteiger partial charge in [0.1, 0.15) is 5.75 Å². The van der Waals surface area contributed by atoms with Crippen molar-refractivity contribution in [3.63, 3.8) is 0 Å². The van der Waals surface area contributed by atoms with Crippen molar-refractivity contribution in [2.45, 2.75) is 18.4 Å². The number of rotatable bonds is 4. The lowest BCUT2D eigenvalue weighted by molar-refractivity contribution is 0.247. The molecule has 22 heavy (non-hydrogen) atoms. The molecule has 3 rings (SSSR count). The summed E-state index contributed by atoms with van der Waals surface area (Å²) in [6.07, 6.45) is 1.86. The van der Waals surface area contributed by atoms with Crippen molar-refractivity contribution in [1.29, 1.82) is 0 Å². The molecule has 1 saturated carbocycles. The molecule has 2 aromatic carbocycles. The van der Waals surface area contributed by atoms with Gasteiger partial charge in [0.2, 0.25) is 0 Å². The number of hydrogen-bond acceptors (Lipinski definition) is 2. The van der Waals surface area contributed by atoms with Gasteiger partial charge in [-0.2, -0.15) is 0 Å². The molecule has 1 aliphatic rings. The molecule has 0 radical (unpaired) electrons. The summed E-state index contributed by atoms with van der Waals surface area (Å²) in [6.45, 7) is 0. The van der Waals surface area contributed by atoms with Gasteiger partial charge in [0.05, 0.1) is 12.6 Å². The topological polar surface area (TPSA) is 50.4 Å². The standard InChI is InChI=1S/C17H17ClN2O2/c1-22-15-4-2-3-14(11-15)19-16(21)20-17(9-10-17)12-5-7-13(18)8-6-12/h2-8,11H,9-10H2,1H3,(H2,19,20,21). The fourth-order valence-corrected chi connectivity index (χ4v) is 2.59. The van der Waals surface area contributed by atoms with Crippen molar-refractivity contribution in [2.75, 3.05) is 12.4 Å². The summed E-state index contributed by atoms with van der Waals surface area (Å²) >= 11 is 5.91. The Hall–Kier alpha value is -2.20. The Labute approximate surface area is 134 Å². The lowest BCUT2D eigenvalue weighted by Crippen LogP contribution is -2.38. The molecule has 0 spiro atoms. The molecule has 0 bridgehead atoms. The Morgan fingerprint density at radius 3 is 2.55 bits per heavy atom. The van der Waals surface area contributed by atoms with Gasteiger partial charge in [0.25, 0.3) is 0 Å². The van der Waals surface area contributed by atoms with Crippen LogP contribution in [0.3, 0.4) is 0 Å². The van der Waals surface area contributed by atoms with Crippen LogP contribution < -0.4 is 15.4 Å². The maximum atomic E-state index is 12.2. The van der Waals surface area contributed by atoms with Gasteiger partial charge >= 0.3 is 6.03 Å². The van der Waals surface area contributed by atoms with Crippen molar-refractivity contribution < 1.29 is 9.53 Å². The normalized spacial score (nSPS) is 15.0. The van der Waals surface area contributed by atoms with Crippen LogP contribution in [0.25, 0.3) is 0 Å². The molecule has 0 aromatic heterocycles. The number of methoxy groups -OCH3 is 1. The van der Waals surface area contributed by atoms with E-state index in [2.05, 4.69) is 10.6 Å². The van der Waals surface area contributed by atoms with Crippen LogP contribution in [0.4, 0.5) is 10.5 Å². The second kappa shape index (κ2) is 5.89. The van der Waals surface area contributed by atoms with Gasteiger partial charge < -0.3 is 15.4 Å². The summed E-state index contributed by atoms with van der Waals surface area (Å²) in [5, 5.41) is 6.59. The minimum atomic E-state index is -0.270. The zero-order valence-electron chi connectivity index (χ0n) is 12.2. The summed E-state index contributed by atoms with van der Waals surface area (Å²) in [5.41, 5.74) is 1.51. The minimum Gasteiger partial charge on any atom is -0.497 e. The molecule has 1 fully saturated rings. The molecule has 0 atom stereocenters. The Bertz CT molecular complexity index is 681. The Morgan fingerprint density at radius 1 is 1.18 bits per heavy atom. The maximum absolute atomic E-state index is 12.2. The molecule has 2 N–H and O–H groups in total. The van der Waals surface area contributed by atoms with E-state index < -0.39 is 0 Å². The zero-order chi connectivity index (χ0) is 15.6. The fourth-order valence-electron chi connectivity index (χ4n) is 2.46. The van der Waals surface area contributed by atoms with Crippen LogP contribution in [0.1, 0.15) is 18.4 Å². The van der Waals surface area contributed by atoms with Gasteiger partial charge in [-0.25, -0.2) is 4.79 Å². The van der Waals surface area contributed by atoms with Crippen LogP contribution in [0.15, 0.2) is 48.5 Å². The minimum absolute atomic E-state index is 0.222. The highest BCUT2D eigenvalue weighted by Crippen LogP contribution is 2.45. The molecule has 5 heteroatoms. The van der Waals surface area contributed by atoms with Gasteiger partial charge in [-0.3, -0.25) is 0 Å². The quantitative estimate of drug-likeness (QED) is 0.890. The summed E-state index contributed by atoms with van der Waals surface area (Å²) in [4.78, 5) is 12.2. The van der Waals surface area contributed by atoms with E-state index in [1.54, 1.807) is 13.2 Å². The van der Waals surface area contributed by atoms with E-state index in [4.69, 9.17) is 16.3 Å². The third-order valence-electron chi connectivity index (χ3n) is 3.83. The molecule has 2 amide bonds. The highest BCUT2D eigenvalue weighted by atomic mass is 35.5. The number of benzene rings is 2. The van der Waals surface area contributed by atoms with Crippen molar-refractivity contribution in [3.8, 4) is 5.75 Å². The molecular formula is C17H17ClN2O2. The van der Waals surface area contributed by atoms with Crippen LogP contribution in [0, 0.1) is 0 Å². The van der Waals surface area contributed by atoms with Crippen molar-refractivity contribution in [1.82, 2.24) is 5.32 Å². The number of carbonyl (C=O) groups is 1. The van der Waals surface area contributed by atoms with Crippen LogP contribution in [-0.2, 0) is 5.54 Å². The average Bonchev–Trinajstić information content (AvgIpc) is 3.28. The van der Waals surface area contributed by atoms with Gasteiger partial charge in [-0.1, -0.05) is 29.8 Å². The number of ether oxygens (including phenoxy) is 1. The molecule has 1 aliphatic carbocycles. The van der Waals surface area contributed by atoms with Crippen molar-refractivity contribution in [2.24, 2.45) is 0 Å². The highest BCUT2D eigenvalue weighted by Gasteiger charge is 2.45. The lowest BCUT2D eigenvalue weighted by Gasteiger charge is -2.18. The Morgan fingerprint density at radius 2 is 1.91 bits per heavy atom. The molecule has 114 valence electrons. The van der Waals surface area contributed by atoms with E-state index in [0.717, 1.165) is 18.4 Å². The van der Waals surface area contributed by atoms with Crippen LogP contribution in [0.2, 0.25) is 5.02 Å². The smallest absolute Gasteiger partial charge is 0.319 e. The average molecular weight is 317 g/mol. The number of carbonyl (C=O) groups excluding carboxylic acids is 1. The van der Waals surface area contributed by atoms with Gasteiger partial charge in [0.15, 0.2) is 0 Å². The van der Waals surface area contributed by atoms with Gasteiger partial charge in [-0.05, 0) is 42.7 Å². The molecule has 0 saturated heterocycles. The maximum Gasteiger partial charge on any atom is 0.319 e. The van der Waals surface area contributed by atoms with Crippen LogP contribution in [-0.4, -0.2) is 13.1 Å². The molecule has 0 heterocycles. The SMILES string of the molecule is COc1cccc(NC(=O)NC2(c3ccc(Cl)cc3)CC2)c1. The predicted molar refractivity (Wildman–Crippen MR) is 87.5 cm³/mol. The zero-order valence-corrected chi connectivity index (χ0v) is 13.0. The highest BCUT2D eigenvalue weighted by molar-refractivity contribution is 6.30. The first-order valence-corrected chi connectivity index (χ1v) is 7.48. The molecule has 0 unspecified atom stereocenters. The number of urea groups is 1. The number of halogens is 1. The van der Waals surface area contributed by atoms with Gasteiger partial charge in [0, 0.05) is 16.8 Å².